The maximum atomic E-state index is 13.2. The SMILES string of the molecule is O=C(CNC(=O)C(c1ccccc1)c1ccccc1)NC1CC2CCC(C1)N2Cc1ccc(Cl)cc1. The minimum absolute atomic E-state index is 0.0185. The van der Waals surface area contributed by atoms with E-state index in [0.29, 0.717) is 12.1 Å². The third kappa shape index (κ3) is 5.80. The lowest BCUT2D eigenvalue weighted by molar-refractivity contribution is -0.127. The van der Waals surface area contributed by atoms with Crippen LogP contribution in [0.2, 0.25) is 5.02 Å². The molecule has 3 aromatic carbocycles. The molecule has 0 aliphatic carbocycles. The zero-order chi connectivity index (χ0) is 24.9. The number of benzene rings is 3. The molecule has 6 heteroatoms. The summed E-state index contributed by atoms with van der Waals surface area (Å²) in [5.41, 5.74) is 3.09. The Bertz CT molecular complexity index is 1120. The Labute approximate surface area is 217 Å². The molecule has 36 heavy (non-hydrogen) atoms. The highest BCUT2D eigenvalue weighted by Gasteiger charge is 2.40. The number of carbonyl (C=O) groups is 2. The Kier molecular flexibility index (Phi) is 7.69. The minimum Gasteiger partial charge on any atom is -0.352 e. The molecule has 2 saturated heterocycles. The Morgan fingerprint density at radius 3 is 1.94 bits per heavy atom. The van der Waals surface area contributed by atoms with Gasteiger partial charge in [0.1, 0.15) is 0 Å². The number of piperidine rings is 1. The van der Waals surface area contributed by atoms with E-state index in [9.17, 15) is 9.59 Å². The van der Waals surface area contributed by atoms with Gasteiger partial charge in [0.2, 0.25) is 11.8 Å². The van der Waals surface area contributed by atoms with Gasteiger partial charge in [0, 0.05) is 29.7 Å². The van der Waals surface area contributed by atoms with E-state index in [0.717, 1.165) is 48.4 Å². The van der Waals surface area contributed by atoms with Crippen molar-refractivity contribution < 1.29 is 9.59 Å². The molecule has 0 aromatic heterocycles. The van der Waals surface area contributed by atoms with Crippen LogP contribution in [-0.4, -0.2) is 41.4 Å². The first kappa shape index (κ1) is 24.5. The molecule has 186 valence electrons. The van der Waals surface area contributed by atoms with Crippen LogP contribution in [0, 0.1) is 0 Å². The van der Waals surface area contributed by atoms with E-state index in [2.05, 4.69) is 27.7 Å². The van der Waals surface area contributed by atoms with Crippen molar-refractivity contribution >= 4 is 23.4 Å². The molecule has 3 aromatic rings. The summed E-state index contributed by atoms with van der Waals surface area (Å²) in [4.78, 5) is 28.6. The van der Waals surface area contributed by atoms with Gasteiger partial charge >= 0.3 is 0 Å². The number of halogens is 1. The van der Waals surface area contributed by atoms with Crippen LogP contribution in [0.4, 0.5) is 0 Å². The predicted octanol–water partition coefficient (Wildman–Crippen LogP) is 4.90. The number of amides is 2. The fourth-order valence-electron chi connectivity index (χ4n) is 5.79. The standard InChI is InChI=1S/C30H32ClN3O2/c31-24-13-11-21(12-14-24)20-34-26-15-16-27(34)18-25(17-26)33-28(35)19-32-30(36)29(22-7-3-1-4-8-22)23-9-5-2-6-10-23/h1-14,25-27,29H,15-20H2,(H,32,36)(H,33,35). The van der Waals surface area contributed by atoms with Crippen LogP contribution in [0.5, 0.6) is 0 Å². The summed E-state index contributed by atoms with van der Waals surface area (Å²) in [6, 6.07) is 28.6. The highest BCUT2D eigenvalue weighted by atomic mass is 35.5. The van der Waals surface area contributed by atoms with Crippen molar-refractivity contribution in [2.45, 2.75) is 56.3 Å². The maximum Gasteiger partial charge on any atom is 0.239 e. The Morgan fingerprint density at radius 2 is 1.39 bits per heavy atom. The molecule has 5 nitrogen and oxygen atoms in total. The molecule has 2 aliphatic rings. The number of nitrogens with zero attached hydrogens (tertiary/aromatic N) is 1. The van der Waals surface area contributed by atoms with Gasteiger partial charge in [0.05, 0.1) is 12.5 Å². The van der Waals surface area contributed by atoms with Gasteiger partial charge < -0.3 is 10.6 Å². The van der Waals surface area contributed by atoms with Crippen LogP contribution in [0.1, 0.15) is 48.3 Å². The fraction of sp³-hybridized carbons (Fsp3) is 0.333. The van der Waals surface area contributed by atoms with E-state index >= 15 is 0 Å². The molecule has 2 aliphatic heterocycles. The molecule has 2 atom stereocenters. The lowest BCUT2D eigenvalue weighted by Crippen LogP contribution is -2.51. The summed E-state index contributed by atoms with van der Waals surface area (Å²) in [5.74, 6) is -0.744. The number of rotatable bonds is 8. The summed E-state index contributed by atoms with van der Waals surface area (Å²) in [7, 11) is 0. The molecule has 2 bridgehead atoms. The van der Waals surface area contributed by atoms with Gasteiger partial charge in [-0.15, -0.1) is 0 Å². The lowest BCUT2D eigenvalue weighted by atomic mass is 9.90. The Hall–Kier alpha value is -3.15. The second kappa shape index (κ2) is 11.3. The third-order valence-electron chi connectivity index (χ3n) is 7.48. The number of hydrogen-bond donors (Lipinski definition) is 2. The summed E-state index contributed by atoms with van der Waals surface area (Å²) < 4.78 is 0. The van der Waals surface area contributed by atoms with Crippen molar-refractivity contribution in [3.05, 3.63) is 107 Å². The molecule has 5 rings (SSSR count). The second-order valence-electron chi connectivity index (χ2n) is 9.89. The van der Waals surface area contributed by atoms with E-state index in [4.69, 9.17) is 11.6 Å². The largest absolute Gasteiger partial charge is 0.352 e. The maximum absolute atomic E-state index is 13.2. The van der Waals surface area contributed by atoms with Gasteiger partial charge in [-0.05, 0) is 54.5 Å². The molecule has 2 N–H and O–H groups in total. The van der Waals surface area contributed by atoms with Crippen LogP contribution < -0.4 is 10.6 Å². The number of nitrogens with one attached hydrogen (secondary N) is 2. The van der Waals surface area contributed by atoms with Crippen LogP contribution >= 0.6 is 11.6 Å². The fourth-order valence-corrected chi connectivity index (χ4v) is 5.91. The van der Waals surface area contributed by atoms with Crippen LogP contribution in [0.3, 0.4) is 0 Å². The molecule has 0 radical (unpaired) electrons. The lowest BCUT2D eigenvalue weighted by Gasteiger charge is -2.39. The van der Waals surface area contributed by atoms with Gasteiger partial charge in [-0.1, -0.05) is 84.4 Å². The third-order valence-corrected chi connectivity index (χ3v) is 7.73. The molecule has 2 unspecified atom stereocenters. The zero-order valence-electron chi connectivity index (χ0n) is 20.3. The van der Waals surface area contributed by atoms with Gasteiger partial charge in [-0.3, -0.25) is 14.5 Å². The van der Waals surface area contributed by atoms with Crippen LogP contribution in [0.25, 0.3) is 0 Å². The highest BCUT2D eigenvalue weighted by Crippen LogP contribution is 2.37. The number of carbonyl (C=O) groups excluding carboxylic acids is 2. The van der Waals surface area contributed by atoms with Crippen LogP contribution in [0.15, 0.2) is 84.9 Å². The average molecular weight is 502 g/mol. The quantitative estimate of drug-likeness (QED) is 0.461. The van der Waals surface area contributed by atoms with Crippen LogP contribution in [-0.2, 0) is 16.1 Å². The summed E-state index contributed by atoms with van der Waals surface area (Å²) in [6.45, 7) is 0.902. The smallest absolute Gasteiger partial charge is 0.239 e. The highest BCUT2D eigenvalue weighted by molar-refractivity contribution is 6.30. The minimum atomic E-state index is -0.452. The van der Waals surface area contributed by atoms with Crippen molar-refractivity contribution in [1.82, 2.24) is 15.5 Å². The first-order valence-corrected chi connectivity index (χ1v) is 13.1. The molecule has 2 amide bonds. The number of fused-ring (bicyclic) bond motifs is 2. The second-order valence-corrected chi connectivity index (χ2v) is 10.3. The average Bonchev–Trinajstić information content (AvgIpc) is 3.12. The number of hydrogen-bond acceptors (Lipinski definition) is 3. The summed E-state index contributed by atoms with van der Waals surface area (Å²) >= 11 is 6.04. The molecule has 2 fully saturated rings. The van der Waals surface area contributed by atoms with Gasteiger partial charge in [-0.2, -0.15) is 0 Å². The van der Waals surface area contributed by atoms with E-state index in [1.54, 1.807) is 0 Å². The summed E-state index contributed by atoms with van der Waals surface area (Å²) in [5, 5.41) is 6.83. The molecule has 0 saturated carbocycles. The molecular formula is C30H32ClN3O2. The molecule has 2 heterocycles. The van der Waals surface area contributed by atoms with Crippen molar-refractivity contribution in [1.29, 1.82) is 0 Å². The van der Waals surface area contributed by atoms with Crippen molar-refractivity contribution in [2.24, 2.45) is 0 Å². The van der Waals surface area contributed by atoms with Gasteiger partial charge in [0.15, 0.2) is 0 Å². The molecule has 0 spiro atoms. The van der Waals surface area contributed by atoms with Crippen molar-refractivity contribution in [3.63, 3.8) is 0 Å². The molecular weight excluding hydrogens is 470 g/mol. The Morgan fingerprint density at radius 1 is 0.833 bits per heavy atom. The van der Waals surface area contributed by atoms with Gasteiger partial charge in [0.25, 0.3) is 0 Å². The predicted molar refractivity (Wildman–Crippen MR) is 143 cm³/mol. The monoisotopic (exact) mass is 501 g/mol. The normalized spacial score (nSPS) is 21.3. The Balaban J connectivity index is 1.15. The van der Waals surface area contributed by atoms with Gasteiger partial charge in [-0.25, -0.2) is 0 Å². The van der Waals surface area contributed by atoms with E-state index in [-0.39, 0.29) is 24.4 Å². The van der Waals surface area contributed by atoms with E-state index in [1.165, 1.54) is 5.56 Å². The van der Waals surface area contributed by atoms with Crippen molar-refractivity contribution in [3.8, 4) is 0 Å². The van der Waals surface area contributed by atoms with Crippen molar-refractivity contribution in [2.75, 3.05) is 6.54 Å². The summed E-state index contributed by atoms with van der Waals surface area (Å²) in [6.07, 6.45) is 4.22. The first-order chi connectivity index (χ1) is 17.6. The first-order valence-electron chi connectivity index (χ1n) is 12.7. The topological polar surface area (TPSA) is 61.4 Å². The van der Waals surface area contributed by atoms with E-state index < -0.39 is 5.92 Å². The zero-order valence-corrected chi connectivity index (χ0v) is 21.0. The van der Waals surface area contributed by atoms with E-state index in [1.807, 2.05) is 72.8 Å².